The summed E-state index contributed by atoms with van der Waals surface area (Å²) in [4.78, 5) is 43.8. The number of aromatic nitrogens is 2. The topological polar surface area (TPSA) is 162 Å². The zero-order valence-corrected chi connectivity index (χ0v) is 19.7. The Morgan fingerprint density at radius 1 is 1.35 bits per heavy atom. The number of pyridine rings is 1. The first-order valence-electron chi connectivity index (χ1n) is 9.89. The number of carbonyl (C=O) groups is 3. The molecule has 0 spiro atoms. The number of carboxylic acids is 1. The highest BCUT2D eigenvalue weighted by Gasteiger charge is 2.54. The molecule has 1 saturated heterocycles. The highest BCUT2D eigenvalue weighted by atomic mass is 32.2. The number of nitrogens with one attached hydrogen (secondary N) is 1. The number of β-lactam (4-membered cyclic amide) rings is 1. The Bertz CT molecular complexity index is 1400. The molecule has 1 fully saturated rings. The molecule has 14 heteroatoms. The number of rotatable bonds is 6. The van der Waals surface area contributed by atoms with Crippen LogP contribution in [0.2, 0.25) is 0 Å². The summed E-state index contributed by atoms with van der Waals surface area (Å²) in [5.74, 6) is -2.18. The van der Waals surface area contributed by atoms with Crippen LogP contribution in [-0.2, 0) is 20.9 Å². The van der Waals surface area contributed by atoms with Crippen molar-refractivity contribution in [3.05, 3.63) is 52.1 Å². The third-order valence-electron chi connectivity index (χ3n) is 5.45. The predicted molar refractivity (Wildman–Crippen MR) is 127 cm³/mol. The second-order valence-electron chi connectivity index (χ2n) is 7.46. The second-order valence-corrected chi connectivity index (χ2v) is 10.3. The Kier molecular flexibility index (Phi) is 5.71. The average Bonchev–Trinajstić information content (AvgIpc) is 3.47. The number of carboxylic acid groups (broad SMARTS) is 1. The molecule has 3 aromatic heterocycles. The maximum absolute atomic E-state index is 12.9. The largest absolute Gasteiger partial charge is 0.477 e. The van der Waals surface area contributed by atoms with Gasteiger partial charge in [-0.05, 0) is 17.5 Å². The third kappa shape index (κ3) is 3.69. The fourth-order valence-corrected chi connectivity index (χ4v) is 6.70. The molecule has 3 aromatic rings. The van der Waals surface area contributed by atoms with E-state index in [0.717, 1.165) is 21.6 Å². The molecule has 2 atom stereocenters. The molecule has 5 heterocycles. The van der Waals surface area contributed by atoms with Crippen molar-refractivity contribution >= 4 is 73.3 Å². The lowest BCUT2D eigenvalue weighted by Gasteiger charge is -2.49. The number of thioether (sulfide) groups is 1. The molecule has 0 saturated carbocycles. The van der Waals surface area contributed by atoms with Gasteiger partial charge in [-0.25, -0.2) is 9.78 Å². The maximum atomic E-state index is 12.9. The summed E-state index contributed by atoms with van der Waals surface area (Å²) in [6, 6.07) is 4.90. The van der Waals surface area contributed by atoms with Crippen LogP contribution in [0.4, 0.5) is 5.13 Å². The van der Waals surface area contributed by atoms with Crippen molar-refractivity contribution in [1.29, 1.82) is 0 Å². The molecular weight excluding hydrogens is 500 g/mol. The molecule has 5 N–H and O–H groups in total. The molecular formula is C20H17N6O5S3+. The van der Waals surface area contributed by atoms with E-state index < -0.39 is 29.2 Å². The number of anilines is 1. The lowest BCUT2D eigenvalue weighted by atomic mass is 10.0. The van der Waals surface area contributed by atoms with Crippen LogP contribution in [0, 0.1) is 0 Å². The van der Waals surface area contributed by atoms with Crippen molar-refractivity contribution in [3.63, 3.8) is 0 Å². The number of carbonyl (C=O) groups excluding carboxylic acids is 2. The number of aliphatic carboxylic acids is 1. The predicted octanol–water partition coefficient (Wildman–Crippen LogP) is 0.845. The Labute approximate surface area is 204 Å². The standard InChI is InChI=1S/C20H16N6O5S3/c21-20-22-11(8-34-20)12(24-31)15(27)23-13-16(28)26-14(19(29)30)10(7-33-18(13)26)6-25-4-1-2-9-3-5-32-17(9)25/h1-5,8,13,18H,6-7H2,(H4-,21,22,23,27,29,30,31)/p+1. The lowest BCUT2D eigenvalue weighted by molar-refractivity contribution is -0.661. The van der Waals surface area contributed by atoms with Crippen LogP contribution in [0.15, 0.2) is 51.6 Å². The number of thiophene rings is 1. The number of thiazole rings is 1. The van der Waals surface area contributed by atoms with E-state index in [4.69, 9.17) is 5.73 Å². The maximum Gasteiger partial charge on any atom is 0.352 e. The fourth-order valence-electron chi connectivity index (χ4n) is 3.94. The van der Waals surface area contributed by atoms with Crippen LogP contribution in [-0.4, -0.2) is 60.9 Å². The summed E-state index contributed by atoms with van der Waals surface area (Å²) in [6.07, 6.45) is 1.88. The SMILES string of the molecule is Nc1nc(/C(=N\O)C(=O)NC2C(=O)N3C(C(=O)O)=C(C[n+]4cccc5ccsc54)CSC23)cs1. The number of nitrogens with zero attached hydrogens (tertiary/aromatic N) is 4. The van der Waals surface area contributed by atoms with Crippen molar-refractivity contribution in [1.82, 2.24) is 15.2 Å². The summed E-state index contributed by atoms with van der Waals surface area (Å²) in [5, 5.41) is 28.8. The highest BCUT2D eigenvalue weighted by molar-refractivity contribution is 8.00. The normalized spacial score (nSPS) is 20.3. The number of hydrogen-bond acceptors (Lipinski definition) is 10. The van der Waals surface area contributed by atoms with Crippen LogP contribution >= 0.6 is 34.4 Å². The van der Waals surface area contributed by atoms with Gasteiger partial charge in [0.05, 0.1) is 5.39 Å². The van der Waals surface area contributed by atoms with Gasteiger partial charge in [0.15, 0.2) is 23.6 Å². The van der Waals surface area contributed by atoms with Gasteiger partial charge in [0.2, 0.25) is 0 Å². The molecule has 0 aliphatic carbocycles. The fraction of sp³-hybridized carbons (Fsp3) is 0.200. The average molecular weight is 518 g/mol. The van der Waals surface area contributed by atoms with Gasteiger partial charge in [-0.3, -0.25) is 14.5 Å². The number of fused-ring (bicyclic) bond motifs is 2. The van der Waals surface area contributed by atoms with Gasteiger partial charge >= 0.3 is 5.97 Å². The Morgan fingerprint density at radius 3 is 2.88 bits per heavy atom. The van der Waals surface area contributed by atoms with Crippen LogP contribution < -0.4 is 15.6 Å². The first kappa shape index (κ1) is 22.3. The highest BCUT2D eigenvalue weighted by Crippen LogP contribution is 2.40. The van der Waals surface area contributed by atoms with Gasteiger partial charge < -0.3 is 21.4 Å². The summed E-state index contributed by atoms with van der Waals surface area (Å²) in [7, 11) is 0. The van der Waals surface area contributed by atoms with Crippen molar-refractivity contribution < 1.29 is 29.3 Å². The quantitative estimate of drug-likeness (QED) is 0.123. The minimum atomic E-state index is -1.20. The van der Waals surface area contributed by atoms with Crippen molar-refractivity contribution in [2.75, 3.05) is 11.5 Å². The number of amides is 2. The van der Waals surface area contributed by atoms with E-state index in [1.54, 1.807) is 11.3 Å². The number of oxime groups is 1. The van der Waals surface area contributed by atoms with Gasteiger partial charge in [0.25, 0.3) is 16.6 Å². The first-order chi connectivity index (χ1) is 16.4. The van der Waals surface area contributed by atoms with Gasteiger partial charge in [-0.2, -0.15) is 4.57 Å². The molecule has 0 aromatic carbocycles. The summed E-state index contributed by atoms with van der Waals surface area (Å²) in [6.45, 7) is 0.326. The molecule has 11 nitrogen and oxygen atoms in total. The number of hydrogen-bond donors (Lipinski definition) is 4. The molecule has 2 aliphatic heterocycles. The molecule has 174 valence electrons. The van der Waals surface area contributed by atoms with Crippen LogP contribution in [0.5, 0.6) is 0 Å². The van der Waals surface area contributed by atoms with Crippen LogP contribution in [0.1, 0.15) is 5.69 Å². The molecule has 34 heavy (non-hydrogen) atoms. The summed E-state index contributed by atoms with van der Waals surface area (Å²) in [5.41, 5.74) is 5.81. The van der Waals surface area contributed by atoms with Gasteiger partial charge in [0, 0.05) is 22.8 Å². The van der Waals surface area contributed by atoms with Crippen molar-refractivity contribution in [2.24, 2.45) is 5.16 Å². The van der Waals surface area contributed by atoms with Crippen LogP contribution in [0.25, 0.3) is 10.2 Å². The molecule has 2 amide bonds. The molecule has 2 unspecified atom stereocenters. The van der Waals surface area contributed by atoms with E-state index in [9.17, 15) is 24.7 Å². The Hall–Kier alpha value is -3.49. The van der Waals surface area contributed by atoms with E-state index in [1.807, 2.05) is 34.3 Å². The van der Waals surface area contributed by atoms with E-state index in [-0.39, 0.29) is 22.2 Å². The molecule has 2 aliphatic rings. The Balaban J connectivity index is 1.37. The number of nitrogens with two attached hydrogens (primary N) is 1. The van der Waals surface area contributed by atoms with E-state index in [1.165, 1.54) is 22.0 Å². The molecule has 5 rings (SSSR count). The lowest BCUT2D eigenvalue weighted by Crippen LogP contribution is -2.71. The van der Waals surface area contributed by atoms with Gasteiger partial charge in [-0.1, -0.05) is 16.5 Å². The Morgan fingerprint density at radius 2 is 2.18 bits per heavy atom. The van der Waals surface area contributed by atoms with Gasteiger partial charge in [-0.15, -0.1) is 23.1 Å². The van der Waals surface area contributed by atoms with E-state index >= 15 is 0 Å². The monoisotopic (exact) mass is 517 g/mol. The third-order valence-corrected chi connectivity index (χ3v) is 8.43. The zero-order chi connectivity index (χ0) is 24.0. The van der Waals surface area contributed by atoms with Crippen LogP contribution in [0.3, 0.4) is 0 Å². The first-order valence-corrected chi connectivity index (χ1v) is 12.7. The second kappa shape index (κ2) is 8.70. The number of nitrogen functional groups attached to an aromatic ring is 1. The smallest absolute Gasteiger partial charge is 0.352 e. The van der Waals surface area contributed by atoms with Crippen molar-refractivity contribution in [3.8, 4) is 0 Å². The molecule has 0 bridgehead atoms. The van der Waals surface area contributed by atoms with Crippen molar-refractivity contribution in [2.45, 2.75) is 18.0 Å². The summed E-state index contributed by atoms with van der Waals surface area (Å²) < 4.78 is 1.96. The van der Waals surface area contributed by atoms with Gasteiger partial charge in [0.1, 0.15) is 22.8 Å². The van der Waals surface area contributed by atoms with E-state index in [0.29, 0.717) is 17.9 Å². The van der Waals surface area contributed by atoms with E-state index in [2.05, 4.69) is 15.5 Å². The summed E-state index contributed by atoms with van der Waals surface area (Å²) >= 11 is 3.99. The zero-order valence-electron chi connectivity index (χ0n) is 17.2. The minimum absolute atomic E-state index is 0.0661. The molecule has 0 radical (unpaired) electrons. The minimum Gasteiger partial charge on any atom is -0.477 e.